The highest BCUT2D eigenvalue weighted by atomic mass is 16.2. The van der Waals surface area contributed by atoms with Crippen molar-refractivity contribution in [2.45, 2.75) is 12.8 Å². The largest absolute Gasteiger partial charge is 0.356 e. The number of benzene rings is 1. The zero-order valence-corrected chi connectivity index (χ0v) is 14.8. The highest BCUT2D eigenvalue weighted by Crippen LogP contribution is 2.28. The van der Waals surface area contributed by atoms with Gasteiger partial charge in [-0.2, -0.15) is 0 Å². The van der Waals surface area contributed by atoms with E-state index in [0.29, 0.717) is 5.91 Å². The van der Waals surface area contributed by atoms with Crippen LogP contribution >= 0.6 is 0 Å². The van der Waals surface area contributed by atoms with Crippen molar-refractivity contribution >= 4 is 22.6 Å². The molecule has 132 valence electrons. The minimum absolute atomic E-state index is 0.160. The molecule has 0 aliphatic carbocycles. The van der Waals surface area contributed by atoms with E-state index in [-0.39, 0.29) is 5.92 Å². The number of anilines is 1. The SMILES string of the molecule is CN1CCN(C(=O)C2CCN(c3ncnc4ccccc34)CC2)CC1. The van der Waals surface area contributed by atoms with Gasteiger partial charge in [-0.25, -0.2) is 9.97 Å². The summed E-state index contributed by atoms with van der Waals surface area (Å²) in [5.41, 5.74) is 0.975. The summed E-state index contributed by atoms with van der Waals surface area (Å²) < 4.78 is 0. The summed E-state index contributed by atoms with van der Waals surface area (Å²) >= 11 is 0. The Hall–Kier alpha value is -2.21. The molecule has 2 aromatic rings. The lowest BCUT2D eigenvalue weighted by Gasteiger charge is -2.38. The maximum Gasteiger partial charge on any atom is 0.225 e. The fraction of sp³-hybridized carbons (Fsp3) is 0.526. The molecule has 1 aromatic heterocycles. The first-order valence-corrected chi connectivity index (χ1v) is 9.14. The van der Waals surface area contributed by atoms with Gasteiger partial charge in [-0.05, 0) is 32.0 Å². The third kappa shape index (κ3) is 3.31. The number of piperidine rings is 1. The van der Waals surface area contributed by atoms with E-state index in [2.05, 4.69) is 37.8 Å². The van der Waals surface area contributed by atoms with Crippen LogP contribution in [0.5, 0.6) is 0 Å². The summed E-state index contributed by atoms with van der Waals surface area (Å²) in [5.74, 6) is 1.50. The van der Waals surface area contributed by atoms with Crippen LogP contribution in [-0.4, -0.2) is 72.0 Å². The Morgan fingerprint density at radius 3 is 2.48 bits per heavy atom. The van der Waals surface area contributed by atoms with Crippen molar-refractivity contribution in [1.29, 1.82) is 0 Å². The van der Waals surface area contributed by atoms with Crippen molar-refractivity contribution in [2.24, 2.45) is 5.92 Å². The van der Waals surface area contributed by atoms with Gasteiger partial charge in [0.15, 0.2) is 0 Å². The normalized spacial score (nSPS) is 20.2. The third-order valence-corrected chi connectivity index (χ3v) is 5.48. The lowest BCUT2D eigenvalue weighted by Crippen LogP contribution is -2.50. The van der Waals surface area contributed by atoms with E-state index in [0.717, 1.165) is 68.8 Å². The number of nitrogens with zero attached hydrogens (tertiary/aromatic N) is 5. The van der Waals surface area contributed by atoms with Crippen molar-refractivity contribution in [2.75, 3.05) is 51.2 Å². The highest BCUT2D eigenvalue weighted by Gasteiger charge is 2.30. The van der Waals surface area contributed by atoms with Gasteiger partial charge in [0.1, 0.15) is 12.1 Å². The molecule has 0 radical (unpaired) electrons. The maximum atomic E-state index is 12.8. The van der Waals surface area contributed by atoms with Crippen LogP contribution in [0.15, 0.2) is 30.6 Å². The summed E-state index contributed by atoms with van der Waals surface area (Å²) in [7, 11) is 2.12. The molecule has 0 unspecified atom stereocenters. The highest BCUT2D eigenvalue weighted by molar-refractivity contribution is 5.89. The third-order valence-electron chi connectivity index (χ3n) is 5.48. The van der Waals surface area contributed by atoms with E-state index >= 15 is 0 Å². The zero-order valence-electron chi connectivity index (χ0n) is 14.8. The van der Waals surface area contributed by atoms with Crippen LogP contribution in [0.2, 0.25) is 0 Å². The molecule has 2 aliphatic heterocycles. The molecule has 2 fully saturated rings. The van der Waals surface area contributed by atoms with Gasteiger partial charge in [-0.1, -0.05) is 12.1 Å². The molecule has 0 saturated carbocycles. The number of fused-ring (bicyclic) bond motifs is 1. The van der Waals surface area contributed by atoms with Crippen LogP contribution in [-0.2, 0) is 4.79 Å². The smallest absolute Gasteiger partial charge is 0.225 e. The molecule has 0 bridgehead atoms. The molecule has 0 atom stereocenters. The summed E-state index contributed by atoms with van der Waals surface area (Å²) in [6, 6.07) is 8.12. The molecule has 6 heteroatoms. The van der Waals surface area contributed by atoms with E-state index in [1.165, 1.54) is 0 Å². The molecular weight excluding hydrogens is 314 g/mol. The zero-order chi connectivity index (χ0) is 17.2. The molecule has 4 rings (SSSR count). The van der Waals surface area contributed by atoms with Crippen molar-refractivity contribution in [1.82, 2.24) is 19.8 Å². The van der Waals surface area contributed by atoms with E-state index in [9.17, 15) is 4.79 Å². The predicted molar refractivity (Wildman–Crippen MR) is 98.6 cm³/mol. The second-order valence-corrected chi connectivity index (χ2v) is 7.10. The molecule has 0 spiro atoms. The summed E-state index contributed by atoms with van der Waals surface area (Å²) in [4.78, 5) is 28.3. The molecule has 25 heavy (non-hydrogen) atoms. The minimum Gasteiger partial charge on any atom is -0.356 e. The van der Waals surface area contributed by atoms with Crippen LogP contribution < -0.4 is 4.90 Å². The standard InChI is InChI=1S/C19H25N5O/c1-22-10-12-24(13-11-22)19(25)15-6-8-23(9-7-15)18-16-4-2-3-5-17(16)20-14-21-18/h2-5,14-15H,6-13H2,1H3. The van der Waals surface area contributed by atoms with E-state index in [1.54, 1.807) is 6.33 Å². The van der Waals surface area contributed by atoms with Gasteiger partial charge in [0, 0.05) is 50.6 Å². The summed E-state index contributed by atoms with van der Waals surface area (Å²) in [5, 5.41) is 1.09. The number of carbonyl (C=O) groups is 1. The van der Waals surface area contributed by atoms with Crippen molar-refractivity contribution in [3.63, 3.8) is 0 Å². The Kier molecular flexibility index (Phi) is 4.53. The van der Waals surface area contributed by atoms with Crippen LogP contribution in [0.25, 0.3) is 10.9 Å². The average molecular weight is 339 g/mol. The first-order valence-electron chi connectivity index (χ1n) is 9.14. The quantitative estimate of drug-likeness (QED) is 0.832. The lowest BCUT2D eigenvalue weighted by atomic mass is 9.94. The minimum atomic E-state index is 0.160. The molecule has 1 amide bonds. The topological polar surface area (TPSA) is 52.6 Å². The molecule has 6 nitrogen and oxygen atoms in total. The number of likely N-dealkylation sites (N-methyl/N-ethyl adjacent to an activating group) is 1. The average Bonchev–Trinajstić information content (AvgIpc) is 2.68. The van der Waals surface area contributed by atoms with Crippen molar-refractivity contribution < 1.29 is 4.79 Å². The lowest BCUT2D eigenvalue weighted by molar-refractivity contribution is -0.137. The Balaban J connectivity index is 1.42. The van der Waals surface area contributed by atoms with Gasteiger partial charge in [-0.15, -0.1) is 0 Å². The number of piperazine rings is 1. The van der Waals surface area contributed by atoms with Crippen LogP contribution in [0, 0.1) is 5.92 Å². The van der Waals surface area contributed by atoms with Gasteiger partial charge in [0.25, 0.3) is 0 Å². The number of amides is 1. The van der Waals surface area contributed by atoms with Gasteiger partial charge >= 0.3 is 0 Å². The fourth-order valence-electron chi connectivity index (χ4n) is 3.87. The monoisotopic (exact) mass is 339 g/mol. The van der Waals surface area contributed by atoms with Gasteiger partial charge in [0.2, 0.25) is 5.91 Å². The van der Waals surface area contributed by atoms with Crippen LogP contribution in [0.4, 0.5) is 5.82 Å². The number of para-hydroxylation sites is 1. The number of rotatable bonds is 2. The molecule has 1 aromatic carbocycles. The van der Waals surface area contributed by atoms with Crippen LogP contribution in [0.3, 0.4) is 0 Å². The molecular formula is C19H25N5O. The summed E-state index contributed by atoms with van der Waals surface area (Å²) in [6.45, 7) is 5.46. The number of carbonyl (C=O) groups excluding carboxylic acids is 1. The van der Waals surface area contributed by atoms with Crippen LogP contribution in [0.1, 0.15) is 12.8 Å². The van der Waals surface area contributed by atoms with E-state index < -0.39 is 0 Å². The Bertz CT molecular complexity index is 743. The number of aromatic nitrogens is 2. The Morgan fingerprint density at radius 2 is 1.72 bits per heavy atom. The number of hydrogen-bond acceptors (Lipinski definition) is 5. The van der Waals surface area contributed by atoms with Crippen molar-refractivity contribution in [3.05, 3.63) is 30.6 Å². The number of hydrogen-bond donors (Lipinski definition) is 0. The molecule has 3 heterocycles. The molecule has 2 aliphatic rings. The van der Waals surface area contributed by atoms with Gasteiger partial charge in [0.05, 0.1) is 5.52 Å². The summed E-state index contributed by atoms with van der Waals surface area (Å²) in [6.07, 6.45) is 3.45. The van der Waals surface area contributed by atoms with E-state index in [1.807, 2.05) is 18.2 Å². The Morgan fingerprint density at radius 1 is 1.00 bits per heavy atom. The van der Waals surface area contributed by atoms with Crippen molar-refractivity contribution in [3.8, 4) is 0 Å². The van der Waals surface area contributed by atoms with Gasteiger partial charge < -0.3 is 14.7 Å². The first kappa shape index (κ1) is 16.3. The maximum absolute atomic E-state index is 12.8. The fourth-order valence-corrected chi connectivity index (χ4v) is 3.87. The first-order chi connectivity index (χ1) is 12.2. The molecule has 0 N–H and O–H groups in total. The Labute approximate surface area is 148 Å². The van der Waals surface area contributed by atoms with Gasteiger partial charge in [-0.3, -0.25) is 4.79 Å². The second-order valence-electron chi connectivity index (χ2n) is 7.10. The van der Waals surface area contributed by atoms with E-state index in [4.69, 9.17) is 0 Å². The second kappa shape index (κ2) is 6.96. The predicted octanol–water partition coefficient (Wildman–Crippen LogP) is 1.62. The molecule has 2 saturated heterocycles.